The van der Waals surface area contributed by atoms with E-state index in [1.807, 2.05) is 30.6 Å². The second-order valence-electron chi connectivity index (χ2n) is 4.50. The summed E-state index contributed by atoms with van der Waals surface area (Å²) in [5, 5.41) is 20.9. The van der Waals surface area contributed by atoms with Crippen LogP contribution in [0.2, 0.25) is 0 Å². The second kappa shape index (κ2) is 5.87. The van der Waals surface area contributed by atoms with Crippen molar-refractivity contribution in [2.45, 2.75) is 19.6 Å². The number of rotatable bonds is 4. The van der Waals surface area contributed by atoms with Crippen molar-refractivity contribution in [2.24, 2.45) is 0 Å². The van der Waals surface area contributed by atoms with E-state index in [4.69, 9.17) is 5.26 Å². The zero-order chi connectivity index (χ0) is 13.8. The van der Waals surface area contributed by atoms with Gasteiger partial charge in [-0.1, -0.05) is 12.1 Å². The van der Waals surface area contributed by atoms with Gasteiger partial charge in [-0.2, -0.15) is 5.26 Å². The van der Waals surface area contributed by atoms with Crippen LogP contribution in [0.5, 0.6) is 0 Å². The predicted molar refractivity (Wildman–Crippen MR) is 78.2 cm³/mol. The Balaban J connectivity index is 2.33. The molecule has 0 saturated heterocycles. The van der Waals surface area contributed by atoms with Crippen molar-refractivity contribution in [1.82, 2.24) is 0 Å². The minimum absolute atomic E-state index is 0.548. The molecule has 0 spiro atoms. The zero-order valence-corrected chi connectivity index (χ0v) is 11.8. The van der Waals surface area contributed by atoms with Crippen LogP contribution >= 0.6 is 11.3 Å². The molecule has 0 bridgehead atoms. The van der Waals surface area contributed by atoms with Gasteiger partial charge in [0.2, 0.25) is 0 Å². The van der Waals surface area contributed by atoms with Gasteiger partial charge in [0.1, 0.15) is 0 Å². The number of thiophene rings is 1. The summed E-state index contributed by atoms with van der Waals surface area (Å²) < 4.78 is 0. The SMILES string of the molecule is C[C@@H](O)c1ccc(C#N)cc1N(C)Cc1cccs1. The molecule has 0 unspecified atom stereocenters. The van der Waals surface area contributed by atoms with E-state index in [0.717, 1.165) is 17.8 Å². The number of benzene rings is 1. The fourth-order valence-corrected chi connectivity index (χ4v) is 2.78. The minimum atomic E-state index is -0.548. The van der Waals surface area contributed by atoms with E-state index in [-0.39, 0.29) is 0 Å². The fourth-order valence-electron chi connectivity index (χ4n) is 2.02. The van der Waals surface area contributed by atoms with Crippen LogP contribution in [0.25, 0.3) is 0 Å². The van der Waals surface area contributed by atoms with E-state index in [9.17, 15) is 5.11 Å². The first-order valence-corrected chi connectivity index (χ1v) is 6.95. The molecule has 19 heavy (non-hydrogen) atoms. The molecule has 2 rings (SSSR count). The van der Waals surface area contributed by atoms with E-state index in [1.165, 1.54) is 4.88 Å². The largest absolute Gasteiger partial charge is 0.389 e. The summed E-state index contributed by atoms with van der Waals surface area (Å²) in [5.74, 6) is 0. The maximum atomic E-state index is 9.84. The molecule has 4 heteroatoms. The van der Waals surface area contributed by atoms with Crippen LogP contribution in [0.15, 0.2) is 35.7 Å². The van der Waals surface area contributed by atoms with E-state index in [0.29, 0.717) is 5.56 Å². The summed E-state index contributed by atoms with van der Waals surface area (Å²) in [6.07, 6.45) is -0.548. The molecule has 2 aromatic rings. The molecule has 0 saturated carbocycles. The molecule has 0 aliphatic carbocycles. The summed E-state index contributed by atoms with van der Waals surface area (Å²) in [5.41, 5.74) is 2.36. The molecular weight excluding hydrogens is 256 g/mol. The minimum Gasteiger partial charge on any atom is -0.389 e. The molecule has 1 aromatic heterocycles. The van der Waals surface area contributed by atoms with Crippen molar-refractivity contribution in [3.05, 3.63) is 51.7 Å². The maximum absolute atomic E-state index is 9.84. The van der Waals surface area contributed by atoms with E-state index in [2.05, 4.69) is 17.0 Å². The van der Waals surface area contributed by atoms with Gasteiger partial charge in [0.15, 0.2) is 0 Å². The van der Waals surface area contributed by atoms with Crippen LogP contribution in [0.4, 0.5) is 5.69 Å². The highest BCUT2D eigenvalue weighted by molar-refractivity contribution is 7.09. The number of hydrogen-bond donors (Lipinski definition) is 1. The molecular formula is C15H16N2OS. The third-order valence-corrected chi connectivity index (χ3v) is 3.86. The zero-order valence-electron chi connectivity index (χ0n) is 11.0. The van der Waals surface area contributed by atoms with Gasteiger partial charge < -0.3 is 10.0 Å². The highest BCUT2D eigenvalue weighted by Gasteiger charge is 2.13. The van der Waals surface area contributed by atoms with Crippen LogP contribution < -0.4 is 4.90 Å². The van der Waals surface area contributed by atoms with Crippen molar-refractivity contribution in [2.75, 3.05) is 11.9 Å². The third-order valence-electron chi connectivity index (χ3n) is 2.99. The summed E-state index contributed by atoms with van der Waals surface area (Å²) in [7, 11) is 1.97. The molecule has 0 aliphatic rings. The number of anilines is 1. The van der Waals surface area contributed by atoms with Gasteiger partial charge in [-0.3, -0.25) is 0 Å². The van der Waals surface area contributed by atoms with Crippen LogP contribution in [0.1, 0.15) is 29.0 Å². The van der Waals surface area contributed by atoms with Crippen LogP contribution in [0.3, 0.4) is 0 Å². The molecule has 0 fully saturated rings. The first-order valence-electron chi connectivity index (χ1n) is 6.07. The standard InChI is InChI=1S/C15H16N2OS/c1-11(18)14-6-5-12(9-16)8-15(14)17(2)10-13-4-3-7-19-13/h3-8,11,18H,10H2,1-2H3/t11-/m1/s1. The van der Waals surface area contributed by atoms with Gasteiger partial charge >= 0.3 is 0 Å². The van der Waals surface area contributed by atoms with Gasteiger partial charge in [0.25, 0.3) is 0 Å². The Morgan fingerprint density at radius 1 is 1.42 bits per heavy atom. The van der Waals surface area contributed by atoms with Crippen LogP contribution in [-0.4, -0.2) is 12.2 Å². The summed E-state index contributed by atoms with van der Waals surface area (Å²) in [6.45, 7) is 2.51. The number of hydrogen-bond acceptors (Lipinski definition) is 4. The lowest BCUT2D eigenvalue weighted by Crippen LogP contribution is -2.18. The van der Waals surface area contributed by atoms with Crippen molar-refractivity contribution < 1.29 is 5.11 Å². The molecule has 0 amide bonds. The van der Waals surface area contributed by atoms with Gasteiger partial charge in [-0.15, -0.1) is 11.3 Å². The Morgan fingerprint density at radius 3 is 2.79 bits per heavy atom. The molecule has 0 radical (unpaired) electrons. The predicted octanol–water partition coefficient (Wildman–Crippen LogP) is 3.31. The normalized spacial score (nSPS) is 11.9. The average molecular weight is 272 g/mol. The fraction of sp³-hybridized carbons (Fsp3) is 0.267. The lowest BCUT2D eigenvalue weighted by atomic mass is 10.0. The van der Waals surface area contributed by atoms with Crippen molar-refractivity contribution in [1.29, 1.82) is 5.26 Å². The van der Waals surface area contributed by atoms with Gasteiger partial charge in [0, 0.05) is 23.2 Å². The Bertz CT molecular complexity index is 585. The smallest absolute Gasteiger partial charge is 0.0992 e. The van der Waals surface area contributed by atoms with Crippen LogP contribution in [-0.2, 0) is 6.54 Å². The lowest BCUT2D eigenvalue weighted by Gasteiger charge is -2.23. The molecule has 1 heterocycles. The highest BCUT2D eigenvalue weighted by Crippen LogP contribution is 2.28. The Kier molecular flexibility index (Phi) is 4.20. The molecule has 0 aliphatic heterocycles. The van der Waals surface area contributed by atoms with Gasteiger partial charge in [-0.05, 0) is 30.5 Å². The average Bonchev–Trinajstić information content (AvgIpc) is 2.90. The number of nitrogens with zero attached hydrogens (tertiary/aromatic N) is 2. The highest BCUT2D eigenvalue weighted by atomic mass is 32.1. The monoisotopic (exact) mass is 272 g/mol. The van der Waals surface area contributed by atoms with Gasteiger partial charge in [-0.25, -0.2) is 0 Å². The van der Waals surface area contributed by atoms with Gasteiger partial charge in [0.05, 0.1) is 24.3 Å². The topological polar surface area (TPSA) is 47.3 Å². The molecule has 1 N–H and O–H groups in total. The maximum Gasteiger partial charge on any atom is 0.0992 e. The number of aliphatic hydroxyl groups excluding tert-OH is 1. The van der Waals surface area contributed by atoms with Crippen molar-refractivity contribution in [3.8, 4) is 6.07 Å². The molecule has 98 valence electrons. The summed E-state index contributed by atoms with van der Waals surface area (Å²) >= 11 is 1.70. The third kappa shape index (κ3) is 3.14. The van der Waals surface area contributed by atoms with Crippen molar-refractivity contribution >= 4 is 17.0 Å². The summed E-state index contributed by atoms with van der Waals surface area (Å²) in [4.78, 5) is 3.32. The van der Waals surface area contributed by atoms with Crippen molar-refractivity contribution in [3.63, 3.8) is 0 Å². The van der Waals surface area contributed by atoms with E-state index < -0.39 is 6.10 Å². The molecule has 3 nitrogen and oxygen atoms in total. The quantitative estimate of drug-likeness (QED) is 0.929. The lowest BCUT2D eigenvalue weighted by molar-refractivity contribution is 0.199. The van der Waals surface area contributed by atoms with Crippen LogP contribution in [0, 0.1) is 11.3 Å². The molecule has 1 aromatic carbocycles. The van der Waals surface area contributed by atoms with E-state index in [1.54, 1.807) is 24.3 Å². The Morgan fingerprint density at radius 2 is 2.21 bits per heavy atom. The molecule has 1 atom stereocenters. The second-order valence-corrected chi connectivity index (χ2v) is 5.53. The number of aliphatic hydroxyl groups is 1. The van der Waals surface area contributed by atoms with E-state index >= 15 is 0 Å². The Hall–Kier alpha value is -1.83. The Labute approximate surface area is 117 Å². The first-order chi connectivity index (χ1) is 9.11. The summed E-state index contributed by atoms with van der Waals surface area (Å²) in [6, 6.07) is 11.6. The first kappa shape index (κ1) is 13.6. The number of nitriles is 1.